The number of ether oxygens (including phenoxy) is 3. The average molecular weight is 491 g/mol. The van der Waals surface area contributed by atoms with Gasteiger partial charge in [0.15, 0.2) is 11.5 Å². The molecule has 0 spiro atoms. The Labute approximate surface area is 206 Å². The first-order valence-corrected chi connectivity index (χ1v) is 10.8. The lowest BCUT2D eigenvalue weighted by molar-refractivity contribution is -0.131. The SMILES string of the molecule is COc1ccc(C2(C)NC(=O)N(/N=C/c3ccc(OC(=O)c4ccc(F)cc4)c(OC)c3)C2=O)cc1. The molecule has 0 saturated carbocycles. The molecular weight excluding hydrogens is 469 g/mol. The van der Waals surface area contributed by atoms with Gasteiger partial charge in [-0.25, -0.2) is 14.0 Å². The third kappa shape index (κ3) is 4.74. The van der Waals surface area contributed by atoms with Gasteiger partial charge in [0, 0.05) is 0 Å². The summed E-state index contributed by atoms with van der Waals surface area (Å²) < 4.78 is 28.9. The Morgan fingerprint density at radius 1 is 0.972 bits per heavy atom. The Morgan fingerprint density at radius 3 is 2.31 bits per heavy atom. The Kier molecular flexibility index (Phi) is 6.69. The zero-order valence-electron chi connectivity index (χ0n) is 19.7. The van der Waals surface area contributed by atoms with Crippen LogP contribution in [0.3, 0.4) is 0 Å². The molecule has 10 heteroatoms. The van der Waals surface area contributed by atoms with Crippen LogP contribution < -0.4 is 19.5 Å². The third-order valence-electron chi connectivity index (χ3n) is 5.63. The molecule has 1 heterocycles. The molecule has 1 aliphatic heterocycles. The van der Waals surface area contributed by atoms with E-state index in [0.717, 1.165) is 17.1 Å². The predicted octanol–water partition coefficient (Wildman–Crippen LogP) is 3.86. The number of methoxy groups -OCH3 is 2. The lowest BCUT2D eigenvalue weighted by Gasteiger charge is -2.21. The van der Waals surface area contributed by atoms with Crippen LogP contribution in [0.15, 0.2) is 71.8 Å². The molecule has 0 aromatic heterocycles. The van der Waals surface area contributed by atoms with Crippen LogP contribution in [0.2, 0.25) is 0 Å². The summed E-state index contributed by atoms with van der Waals surface area (Å²) >= 11 is 0. The second kappa shape index (κ2) is 9.87. The minimum Gasteiger partial charge on any atom is -0.497 e. The molecule has 1 saturated heterocycles. The standard InChI is InChI=1S/C26H22FN3O6/c1-26(18-7-11-20(34-2)12-8-18)24(32)30(25(33)29-26)28-15-16-4-13-21(22(14-16)35-3)36-23(31)17-5-9-19(27)10-6-17/h4-15H,1-3H3,(H,29,33)/b28-15+. The summed E-state index contributed by atoms with van der Waals surface area (Å²) in [5.41, 5.74) is -0.0699. The topological polar surface area (TPSA) is 107 Å². The summed E-state index contributed by atoms with van der Waals surface area (Å²) in [7, 11) is 2.93. The number of imide groups is 1. The van der Waals surface area contributed by atoms with Gasteiger partial charge in [0.25, 0.3) is 5.91 Å². The maximum absolute atomic E-state index is 13.1. The van der Waals surface area contributed by atoms with Gasteiger partial charge in [0.2, 0.25) is 0 Å². The number of hydrogen-bond donors (Lipinski definition) is 1. The molecule has 1 aliphatic rings. The second-order valence-corrected chi connectivity index (χ2v) is 7.95. The summed E-state index contributed by atoms with van der Waals surface area (Å²) in [6.45, 7) is 1.60. The zero-order valence-corrected chi connectivity index (χ0v) is 19.7. The Hall–Kier alpha value is -4.73. The van der Waals surface area contributed by atoms with Gasteiger partial charge in [-0.2, -0.15) is 5.10 Å². The van der Waals surface area contributed by atoms with Crippen molar-refractivity contribution in [2.45, 2.75) is 12.5 Å². The molecule has 0 bridgehead atoms. The highest BCUT2D eigenvalue weighted by Gasteiger charge is 2.49. The van der Waals surface area contributed by atoms with Crippen molar-refractivity contribution in [2.75, 3.05) is 14.2 Å². The number of esters is 1. The van der Waals surface area contributed by atoms with Crippen LogP contribution >= 0.6 is 0 Å². The second-order valence-electron chi connectivity index (χ2n) is 7.95. The van der Waals surface area contributed by atoms with E-state index in [1.165, 1.54) is 44.7 Å². The molecule has 1 unspecified atom stereocenters. The van der Waals surface area contributed by atoms with E-state index in [0.29, 0.717) is 16.9 Å². The van der Waals surface area contributed by atoms with Gasteiger partial charge in [0.1, 0.15) is 17.1 Å². The summed E-state index contributed by atoms with van der Waals surface area (Å²) in [5.74, 6) is -0.740. The third-order valence-corrected chi connectivity index (χ3v) is 5.63. The molecule has 1 fully saturated rings. The van der Waals surface area contributed by atoms with Crippen LogP contribution in [0.25, 0.3) is 0 Å². The van der Waals surface area contributed by atoms with Gasteiger partial charge < -0.3 is 19.5 Å². The van der Waals surface area contributed by atoms with E-state index in [-0.39, 0.29) is 17.1 Å². The quantitative estimate of drug-likeness (QED) is 0.233. The number of amides is 3. The predicted molar refractivity (Wildman–Crippen MR) is 128 cm³/mol. The highest BCUT2D eigenvalue weighted by Crippen LogP contribution is 2.31. The van der Waals surface area contributed by atoms with Gasteiger partial charge in [0.05, 0.1) is 26.0 Å². The fourth-order valence-corrected chi connectivity index (χ4v) is 3.57. The molecule has 0 aliphatic carbocycles. The van der Waals surface area contributed by atoms with E-state index in [4.69, 9.17) is 14.2 Å². The summed E-state index contributed by atoms with van der Waals surface area (Å²) in [4.78, 5) is 37.9. The van der Waals surface area contributed by atoms with E-state index in [9.17, 15) is 18.8 Å². The molecule has 184 valence electrons. The van der Waals surface area contributed by atoms with Crippen LogP contribution in [0.5, 0.6) is 17.2 Å². The van der Waals surface area contributed by atoms with E-state index in [1.54, 1.807) is 37.3 Å². The van der Waals surface area contributed by atoms with E-state index in [2.05, 4.69) is 10.4 Å². The highest BCUT2D eigenvalue weighted by atomic mass is 19.1. The Bertz CT molecular complexity index is 1340. The lowest BCUT2D eigenvalue weighted by atomic mass is 9.92. The summed E-state index contributed by atoms with van der Waals surface area (Å²) in [6.07, 6.45) is 1.31. The average Bonchev–Trinajstić information content (AvgIpc) is 3.11. The highest BCUT2D eigenvalue weighted by molar-refractivity contribution is 6.07. The van der Waals surface area contributed by atoms with Gasteiger partial charge in [-0.15, -0.1) is 5.01 Å². The van der Waals surface area contributed by atoms with Crippen LogP contribution in [0.4, 0.5) is 9.18 Å². The molecule has 36 heavy (non-hydrogen) atoms. The van der Waals surface area contributed by atoms with Gasteiger partial charge in [-0.1, -0.05) is 12.1 Å². The first-order chi connectivity index (χ1) is 17.2. The number of urea groups is 1. The lowest BCUT2D eigenvalue weighted by Crippen LogP contribution is -2.40. The minimum absolute atomic E-state index is 0.131. The number of benzene rings is 3. The number of nitrogens with one attached hydrogen (secondary N) is 1. The maximum atomic E-state index is 13.1. The van der Waals surface area contributed by atoms with Gasteiger partial charge in [-0.05, 0) is 72.6 Å². The van der Waals surface area contributed by atoms with E-state index in [1.807, 2.05) is 0 Å². The van der Waals surface area contributed by atoms with Gasteiger partial charge >= 0.3 is 12.0 Å². The van der Waals surface area contributed by atoms with Crippen molar-refractivity contribution in [3.63, 3.8) is 0 Å². The number of halogens is 1. The molecule has 3 aromatic rings. The fraction of sp³-hybridized carbons (Fsp3) is 0.154. The maximum Gasteiger partial charge on any atom is 0.346 e. The number of hydrogen-bond acceptors (Lipinski definition) is 7. The number of carbonyl (C=O) groups is 3. The van der Waals surface area contributed by atoms with Crippen molar-refractivity contribution in [1.82, 2.24) is 10.3 Å². The normalized spacial score (nSPS) is 17.3. The molecule has 0 radical (unpaired) electrons. The number of rotatable bonds is 7. The van der Waals surface area contributed by atoms with Crippen LogP contribution in [0, 0.1) is 5.82 Å². The number of carbonyl (C=O) groups excluding carboxylic acids is 3. The minimum atomic E-state index is -1.29. The first kappa shape index (κ1) is 24.4. The molecule has 9 nitrogen and oxygen atoms in total. The summed E-state index contributed by atoms with van der Waals surface area (Å²) in [5, 5.41) is 7.47. The van der Waals surface area contributed by atoms with Crippen molar-refractivity contribution in [3.05, 3.63) is 89.2 Å². The van der Waals surface area contributed by atoms with Crippen molar-refractivity contribution < 1.29 is 33.0 Å². The fourth-order valence-electron chi connectivity index (χ4n) is 3.57. The molecule has 4 rings (SSSR count). The molecule has 1 N–H and O–H groups in total. The van der Waals surface area contributed by atoms with E-state index >= 15 is 0 Å². The Morgan fingerprint density at radius 2 is 1.67 bits per heavy atom. The largest absolute Gasteiger partial charge is 0.497 e. The molecule has 1 atom stereocenters. The van der Waals surface area contributed by atoms with Crippen molar-refractivity contribution in [1.29, 1.82) is 0 Å². The van der Waals surface area contributed by atoms with Crippen molar-refractivity contribution in [3.8, 4) is 17.2 Å². The zero-order chi connectivity index (χ0) is 25.9. The van der Waals surface area contributed by atoms with Crippen molar-refractivity contribution in [2.24, 2.45) is 5.10 Å². The number of hydrazone groups is 1. The first-order valence-electron chi connectivity index (χ1n) is 10.8. The smallest absolute Gasteiger partial charge is 0.346 e. The van der Waals surface area contributed by atoms with Crippen molar-refractivity contribution >= 4 is 24.1 Å². The monoisotopic (exact) mass is 491 g/mol. The van der Waals surface area contributed by atoms with Crippen LogP contribution in [-0.4, -0.2) is 43.4 Å². The number of nitrogens with zero attached hydrogens (tertiary/aromatic N) is 2. The molecule has 3 aromatic carbocycles. The van der Waals surface area contributed by atoms with Crippen LogP contribution in [-0.2, 0) is 10.3 Å². The summed E-state index contributed by atoms with van der Waals surface area (Å²) in [6, 6.07) is 15.6. The Balaban J connectivity index is 1.50. The molecular formula is C26H22FN3O6. The van der Waals surface area contributed by atoms with Gasteiger partial charge in [-0.3, -0.25) is 4.79 Å². The molecule has 3 amide bonds. The van der Waals surface area contributed by atoms with E-state index < -0.39 is 29.3 Å². The van der Waals surface area contributed by atoms with Crippen LogP contribution in [0.1, 0.15) is 28.4 Å².